The minimum absolute atomic E-state index is 0.0697. The number of alkyl halides is 1. The molecule has 0 aliphatic heterocycles. The third-order valence-corrected chi connectivity index (χ3v) is 2.86. The lowest BCUT2D eigenvalue weighted by molar-refractivity contribution is -0.385. The Balaban J connectivity index is 2.90. The fraction of sp³-hybridized carbons (Fsp3) is 0.417. The van der Waals surface area contributed by atoms with E-state index in [-0.39, 0.29) is 11.6 Å². The second kappa shape index (κ2) is 7.04. The topological polar surface area (TPSA) is 72.2 Å². The van der Waals surface area contributed by atoms with E-state index < -0.39 is 22.3 Å². The van der Waals surface area contributed by atoms with E-state index >= 15 is 0 Å². The minimum Gasteiger partial charge on any atom is -0.349 e. The van der Waals surface area contributed by atoms with Crippen molar-refractivity contribution in [3.8, 4) is 0 Å². The maximum Gasteiger partial charge on any atom is 0.273 e. The van der Waals surface area contributed by atoms with Crippen LogP contribution in [-0.2, 0) is 0 Å². The lowest BCUT2D eigenvalue weighted by Crippen LogP contribution is -2.34. The number of nitro groups is 1. The van der Waals surface area contributed by atoms with Crippen molar-refractivity contribution in [2.45, 2.75) is 25.8 Å². The van der Waals surface area contributed by atoms with E-state index in [1.54, 1.807) is 0 Å². The molecule has 19 heavy (non-hydrogen) atoms. The molecular formula is C12H14ClFN2O3. The Labute approximate surface area is 114 Å². The molecule has 1 amide bonds. The van der Waals surface area contributed by atoms with Crippen molar-refractivity contribution >= 4 is 23.2 Å². The first-order valence-electron chi connectivity index (χ1n) is 5.79. The number of hydrogen-bond acceptors (Lipinski definition) is 3. The van der Waals surface area contributed by atoms with Crippen molar-refractivity contribution in [2.24, 2.45) is 0 Å². The van der Waals surface area contributed by atoms with Crippen molar-refractivity contribution in [3.63, 3.8) is 0 Å². The molecule has 0 aliphatic carbocycles. The molecule has 1 N–H and O–H groups in total. The van der Waals surface area contributed by atoms with Crippen molar-refractivity contribution in [2.75, 3.05) is 5.88 Å². The first-order chi connectivity index (χ1) is 8.97. The molecule has 0 saturated carbocycles. The van der Waals surface area contributed by atoms with Crippen LogP contribution in [0.2, 0.25) is 0 Å². The molecule has 0 heterocycles. The molecule has 1 rings (SSSR count). The van der Waals surface area contributed by atoms with Gasteiger partial charge in [0.15, 0.2) is 0 Å². The monoisotopic (exact) mass is 288 g/mol. The molecule has 5 nitrogen and oxygen atoms in total. The number of benzene rings is 1. The zero-order valence-corrected chi connectivity index (χ0v) is 11.1. The van der Waals surface area contributed by atoms with Crippen molar-refractivity contribution in [1.82, 2.24) is 5.32 Å². The maximum atomic E-state index is 13.2. The average Bonchev–Trinajstić information content (AvgIpc) is 2.37. The molecule has 0 bridgehead atoms. The Bertz CT molecular complexity index is 482. The normalized spacial score (nSPS) is 11.9. The largest absolute Gasteiger partial charge is 0.349 e. The summed E-state index contributed by atoms with van der Waals surface area (Å²) in [6, 6.07) is 2.65. The molecule has 0 radical (unpaired) electrons. The van der Waals surface area contributed by atoms with E-state index in [4.69, 9.17) is 11.6 Å². The maximum absolute atomic E-state index is 13.2. The van der Waals surface area contributed by atoms with Gasteiger partial charge in [-0.2, -0.15) is 0 Å². The number of amides is 1. The van der Waals surface area contributed by atoms with Crippen LogP contribution < -0.4 is 5.32 Å². The van der Waals surface area contributed by atoms with Gasteiger partial charge in [-0.05, 0) is 18.9 Å². The predicted octanol–water partition coefficient (Wildman–Crippen LogP) is 2.87. The molecule has 1 aromatic carbocycles. The van der Waals surface area contributed by atoms with Gasteiger partial charge in [0.25, 0.3) is 11.6 Å². The predicted molar refractivity (Wildman–Crippen MR) is 69.9 cm³/mol. The second-order valence-electron chi connectivity index (χ2n) is 4.01. The first kappa shape index (κ1) is 15.4. The quantitative estimate of drug-likeness (QED) is 0.497. The van der Waals surface area contributed by atoms with Crippen LogP contribution in [0.5, 0.6) is 0 Å². The Morgan fingerprint density at radius 1 is 1.53 bits per heavy atom. The summed E-state index contributed by atoms with van der Waals surface area (Å²) in [5.74, 6) is -0.966. The number of halogens is 2. The van der Waals surface area contributed by atoms with Gasteiger partial charge in [0.05, 0.1) is 11.0 Å². The van der Waals surface area contributed by atoms with Crippen LogP contribution in [0.1, 0.15) is 30.1 Å². The third-order valence-electron chi connectivity index (χ3n) is 2.64. The van der Waals surface area contributed by atoms with Crippen molar-refractivity contribution < 1.29 is 14.1 Å². The molecule has 0 aromatic heterocycles. The molecule has 0 saturated heterocycles. The molecule has 104 valence electrons. The number of rotatable bonds is 6. The highest BCUT2D eigenvalue weighted by Crippen LogP contribution is 2.16. The number of carbonyl (C=O) groups excluding carboxylic acids is 1. The summed E-state index contributed by atoms with van der Waals surface area (Å²) in [5.41, 5.74) is -0.518. The van der Waals surface area contributed by atoms with E-state index in [0.717, 1.165) is 18.2 Å². The van der Waals surface area contributed by atoms with Gasteiger partial charge >= 0.3 is 0 Å². The molecule has 7 heteroatoms. The number of non-ortho nitro benzene ring substituents is 1. The summed E-state index contributed by atoms with van der Waals surface area (Å²) in [4.78, 5) is 21.7. The smallest absolute Gasteiger partial charge is 0.273 e. The number of nitro benzene ring substituents is 1. The lowest BCUT2D eigenvalue weighted by atomic mass is 10.1. The van der Waals surface area contributed by atoms with Crippen LogP contribution in [0, 0.1) is 15.9 Å². The summed E-state index contributed by atoms with van der Waals surface area (Å²) in [6.45, 7) is 1.88. The van der Waals surface area contributed by atoms with Crippen LogP contribution in [-0.4, -0.2) is 22.8 Å². The van der Waals surface area contributed by atoms with Crippen LogP contribution >= 0.6 is 11.6 Å². The summed E-state index contributed by atoms with van der Waals surface area (Å²) in [6.07, 6.45) is 1.26. The van der Waals surface area contributed by atoms with Crippen LogP contribution in [0.15, 0.2) is 18.2 Å². The summed E-state index contributed by atoms with van der Waals surface area (Å²) >= 11 is 5.60. The molecule has 0 fully saturated rings. The van der Waals surface area contributed by atoms with Gasteiger partial charge in [0, 0.05) is 23.6 Å². The number of hydrogen-bond donors (Lipinski definition) is 1. The summed E-state index contributed by atoms with van der Waals surface area (Å²) in [5, 5.41) is 13.3. The molecule has 1 aromatic rings. The van der Waals surface area contributed by atoms with Crippen LogP contribution in [0.3, 0.4) is 0 Å². The highest BCUT2D eigenvalue weighted by atomic mass is 35.5. The van der Waals surface area contributed by atoms with E-state index in [1.165, 1.54) is 0 Å². The van der Waals surface area contributed by atoms with Gasteiger partial charge < -0.3 is 5.32 Å². The van der Waals surface area contributed by atoms with Crippen LogP contribution in [0.4, 0.5) is 10.1 Å². The minimum atomic E-state index is -0.815. The van der Waals surface area contributed by atoms with Gasteiger partial charge in [-0.1, -0.05) is 6.92 Å². The second-order valence-corrected chi connectivity index (χ2v) is 4.39. The van der Waals surface area contributed by atoms with Crippen LogP contribution in [0.25, 0.3) is 0 Å². The van der Waals surface area contributed by atoms with Gasteiger partial charge in [-0.15, -0.1) is 11.6 Å². The lowest BCUT2D eigenvalue weighted by Gasteiger charge is -2.15. The highest BCUT2D eigenvalue weighted by Gasteiger charge is 2.16. The fourth-order valence-corrected chi connectivity index (χ4v) is 1.85. The number of nitrogens with one attached hydrogen (secondary N) is 1. The molecular weight excluding hydrogens is 275 g/mol. The molecule has 1 atom stereocenters. The highest BCUT2D eigenvalue weighted by molar-refractivity contribution is 6.17. The third kappa shape index (κ3) is 4.48. The fourth-order valence-electron chi connectivity index (χ4n) is 1.59. The Morgan fingerprint density at radius 3 is 2.74 bits per heavy atom. The summed E-state index contributed by atoms with van der Waals surface area (Å²) < 4.78 is 13.2. The average molecular weight is 289 g/mol. The number of nitrogens with zero attached hydrogens (tertiary/aromatic N) is 1. The molecule has 0 aliphatic rings. The molecule has 1 unspecified atom stereocenters. The Hall–Kier alpha value is -1.69. The van der Waals surface area contributed by atoms with E-state index in [1.807, 2.05) is 6.92 Å². The van der Waals surface area contributed by atoms with Gasteiger partial charge in [-0.3, -0.25) is 14.9 Å². The van der Waals surface area contributed by atoms with Crippen molar-refractivity contribution in [3.05, 3.63) is 39.7 Å². The number of carbonyl (C=O) groups is 1. The zero-order valence-electron chi connectivity index (χ0n) is 10.4. The SMILES string of the molecule is CCC(CCCl)NC(=O)c1cc(F)cc([N+](=O)[O-])c1. The van der Waals surface area contributed by atoms with E-state index in [2.05, 4.69) is 5.32 Å². The standard InChI is InChI=1S/C12H14ClFN2O3/c1-2-10(3-4-13)15-12(17)8-5-9(14)7-11(6-8)16(18)19/h5-7,10H,2-4H2,1H3,(H,15,17). The first-order valence-corrected chi connectivity index (χ1v) is 6.33. The molecule has 0 spiro atoms. The summed E-state index contributed by atoms with van der Waals surface area (Å²) in [7, 11) is 0. The van der Waals surface area contributed by atoms with Gasteiger partial charge in [-0.25, -0.2) is 4.39 Å². The zero-order chi connectivity index (χ0) is 14.4. The van der Waals surface area contributed by atoms with Crippen molar-refractivity contribution in [1.29, 1.82) is 0 Å². The van der Waals surface area contributed by atoms with E-state index in [0.29, 0.717) is 18.7 Å². The van der Waals surface area contributed by atoms with E-state index in [9.17, 15) is 19.3 Å². The Morgan fingerprint density at radius 2 is 2.21 bits per heavy atom. The Kier molecular flexibility index (Phi) is 5.69. The van der Waals surface area contributed by atoms with Gasteiger partial charge in [0.1, 0.15) is 5.82 Å². The van der Waals surface area contributed by atoms with Gasteiger partial charge in [0.2, 0.25) is 0 Å².